The minimum atomic E-state index is -0.686. The van der Waals surface area contributed by atoms with Crippen molar-refractivity contribution in [2.45, 2.75) is 78.6 Å². The number of benzene rings is 14. The number of nitrogens with zero attached hydrogens (tertiary/aromatic N) is 3. The molecule has 0 saturated heterocycles. The molecule has 2 aliphatic rings. The zero-order valence-corrected chi connectivity index (χ0v) is 58.8. The van der Waals surface area contributed by atoms with Crippen molar-refractivity contribution in [3.63, 3.8) is 0 Å². The van der Waals surface area contributed by atoms with Crippen LogP contribution >= 0.6 is 11.3 Å². The number of furan rings is 1. The first-order valence-electron chi connectivity index (χ1n) is 41.3. The highest BCUT2D eigenvalue weighted by Crippen LogP contribution is 2.55. The standard InChI is InChI=1S/C96H76BN3OS/c1-94(2,3)66-49-64(50-67(55-66)95(4,5)6)65-52-86-90-87(53-65)100(91-77(60-29-15-11-16-30-60)56-68(96(7,8)9)57-78(91)61-31-17-12-18-32-61)84-51-62(59-27-13-10-14-28-59)44-47-79(84)97(90)80-48-45-69(98-81-39-22-19-33-71(81)72-34-20-23-40-82(72)98)58-85(80)99(86)83-41-26-38-76-75-37-25-36-70(92(75)102-93(76)83)63-43-46-74-73-35-21-24-42-88(73)101-89(74)54-63/h10-58H,1-9H3/i10D,13D,14D,19D,20D,22D,23D,27D,28D,33D,34D,39D,40D. The van der Waals surface area contributed by atoms with E-state index in [2.05, 4.69) is 224 Å². The molecule has 4 nitrogen and oxygen atoms in total. The van der Waals surface area contributed by atoms with Crippen LogP contribution in [0.1, 0.15) is 96.8 Å². The monoisotopic (exact) mass is 1340 g/mol. The normalized spacial score (nSPS) is 14.9. The lowest BCUT2D eigenvalue weighted by Gasteiger charge is -2.45. The number of fused-ring (bicyclic) bond motifs is 13. The van der Waals surface area contributed by atoms with E-state index in [1.165, 1.54) is 0 Å². The fraction of sp³-hybridized carbons (Fsp3) is 0.125. The molecule has 17 aromatic rings. The smallest absolute Gasteiger partial charge is 0.252 e. The van der Waals surface area contributed by atoms with Crippen LogP contribution in [0.15, 0.2) is 301 Å². The zero-order valence-electron chi connectivity index (χ0n) is 71.0. The van der Waals surface area contributed by atoms with E-state index in [0.29, 0.717) is 22.6 Å². The highest BCUT2D eigenvalue weighted by molar-refractivity contribution is 7.27. The maximum absolute atomic E-state index is 9.84. The molecule has 0 fully saturated rings. The molecule has 3 aromatic heterocycles. The number of hydrogen-bond donors (Lipinski definition) is 0. The van der Waals surface area contributed by atoms with Crippen molar-refractivity contribution in [2.75, 3.05) is 9.80 Å². The Morgan fingerprint density at radius 2 is 0.853 bits per heavy atom. The number of anilines is 6. The third-order valence-electron chi connectivity index (χ3n) is 20.9. The number of rotatable bonds is 8. The van der Waals surface area contributed by atoms with E-state index in [4.69, 9.17) is 11.3 Å². The first kappa shape index (κ1) is 49.2. The molecular formula is C96H76BN3OS. The third-order valence-corrected chi connectivity index (χ3v) is 22.2. The van der Waals surface area contributed by atoms with Gasteiger partial charge in [0.05, 0.1) is 44.9 Å². The molecule has 0 radical (unpaired) electrons. The number of para-hydroxylation sites is 3. The minimum absolute atomic E-state index is 0.0200. The van der Waals surface area contributed by atoms with Crippen molar-refractivity contribution >= 4 is 132 Å². The highest BCUT2D eigenvalue weighted by Gasteiger charge is 2.46. The van der Waals surface area contributed by atoms with Gasteiger partial charge in [-0.3, -0.25) is 0 Å². The topological polar surface area (TPSA) is 24.6 Å². The van der Waals surface area contributed by atoms with Gasteiger partial charge in [-0.25, -0.2) is 0 Å². The van der Waals surface area contributed by atoms with Crippen LogP contribution in [0, 0.1) is 0 Å². The fourth-order valence-corrected chi connectivity index (χ4v) is 17.1. The van der Waals surface area contributed by atoms with Crippen LogP contribution in [0.2, 0.25) is 0 Å². The number of hydrogen-bond acceptors (Lipinski definition) is 4. The lowest BCUT2D eigenvalue weighted by molar-refractivity contribution is 0.569. The van der Waals surface area contributed by atoms with E-state index in [-0.39, 0.29) is 55.7 Å². The summed E-state index contributed by atoms with van der Waals surface area (Å²) in [5.74, 6) is 0. The van der Waals surface area contributed by atoms with Crippen LogP contribution < -0.4 is 26.2 Å². The molecule has 5 heterocycles. The van der Waals surface area contributed by atoms with Crippen LogP contribution in [-0.4, -0.2) is 11.3 Å². The second-order valence-corrected chi connectivity index (χ2v) is 31.3. The van der Waals surface area contributed by atoms with Crippen LogP contribution in [0.5, 0.6) is 0 Å². The molecule has 19 rings (SSSR count). The van der Waals surface area contributed by atoms with Crippen molar-refractivity contribution in [3.8, 4) is 61.3 Å². The van der Waals surface area contributed by atoms with Crippen molar-refractivity contribution in [3.05, 3.63) is 314 Å². The Morgan fingerprint density at radius 3 is 1.51 bits per heavy atom. The first-order valence-corrected chi connectivity index (χ1v) is 35.7. The van der Waals surface area contributed by atoms with Crippen LogP contribution in [0.3, 0.4) is 0 Å². The predicted octanol–water partition coefficient (Wildman–Crippen LogP) is 25.4. The van der Waals surface area contributed by atoms with Crippen LogP contribution in [0.4, 0.5) is 34.1 Å². The van der Waals surface area contributed by atoms with E-state index < -0.39 is 73.2 Å². The lowest BCUT2D eigenvalue weighted by Crippen LogP contribution is -2.61. The maximum Gasteiger partial charge on any atom is 0.252 e. The van der Waals surface area contributed by atoms with Crippen molar-refractivity contribution in [2.24, 2.45) is 0 Å². The van der Waals surface area contributed by atoms with Crippen molar-refractivity contribution in [1.82, 2.24) is 4.57 Å². The summed E-state index contributed by atoms with van der Waals surface area (Å²) in [7, 11) is 0. The lowest BCUT2D eigenvalue weighted by atomic mass is 9.33. The molecule has 0 spiro atoms. The van der Waals surface area contributed by atoms with Crippen molar-refractivity contribution in [1.29, 1.82) is 0 Å². The molecule has 0 saturated carbocycles. The average molecular weight is 1340 g/mol. The van der Waals surface area contributed by atoms with Gasteiger partial charge in [-0.15, -0.1) is 11.3 Å². The summed E-state index contributed by atoms with van der Waals surface area (Å²) >= 11 is 1.68. The zero-order chi connectivity index (χ0) is 80.4. The summed E-state index contributed by atoms with van der Waals surface area (Å²) < 4.78 is 132. The molecule has 0 bridgehead atoms. The van der Waals surface area contributed by atoms with Crippen LogP contribution in [-0.2, 0) is 16.2 Å². The van der Waals surface area contributed by atoms with Gasteiger partial charge in [0, 0.05) is 76.6 Å². The Bertz CT molecular complexity index is 6910. The van der Waals surface area contributed by atoms with Crippen LogP contribution in [0.25, 0.3) is 125 Å². The van der Waals surface area contributed by atoms with E-state index in [0.717, 1.165) is 142 Å². The molecule has 6 heteroatoms. The van der Waals surface area contributed by atoms with Gasteiger partial charge < -0.3 is 18.8 Å². The first-order chi connectivity index (χ1) is 54.9. The van der Waals surface area contributed by atoms with Gasteiger partial charge >= 0.3 is 0 Å². The molecule has 0 unspecified atom stereocenters. The van der Waals surface area contributed by atoms with E-state index >= 15 is 0 Å². The second kappa shape index (κ2) is 23.1. The maximum atomic E-state index is 9.84. The Labute approximate surface area is 619 Å². The minimum Gasteiger partial charge on any atom is -0.456 e. The molecular weight excluding hydrogens is 1250 g/mol. The van der Waals surface area contributed by atoms with Gasteiger partial charge in [0.15, 0.2) is 0 Å². The summed E-state index contributed by atoms with van der Waals surface area (Å²) in [4.78, 5) is 4.72. The Kier molecular flexibility index (Phi) is 11.1. The molecule has 0 atom stereocenters. The second-order valence-electron chi connectivity index (χ2n) is 30.3. The van der Waals surface area contributed by atoms with Gasteiger partial charge in [-0.1, -0.05) is 280 Å². The molecule has 2 aliphatic heterocycles. The molecule has 490 valence electrons. The fourth-order valence-electron chi connectivity index (χ4n) is 15.8. The molecule has 14 aromatic carbocycles. The summed E-state index contributed by atoms with van der Waals surface area (Å²) in [5.41, 5.74) is 19.2. The average Bonchev–Trinajstić information content (AvgIpc) is 1.66. The Balaban J connectivity index is 1.01. The molecule has 0 N–H and O–H groups in total. The molecule has 102 heavy (non-hydrogen) atoms. The number of thiophene rings is 1. The van der Waals surface area contributed by atoms with Gasteiger partial charge in [0.25, 0.3) is 6.71 Å². The van der Waals surface area contributed by atoms with E-state index in [1.807, 2.05) is 66.7 Å². The summed E-state index contributed by atoms with van der Waals surface area (Å²) in [6.07, 6.45) is 0. The summed E-state index contributed by atoms with van der Waals surface area (Å²) in [6.45, 7) is 19.4. The quantitative estimate of drug-likeness (QED) is 0.142. The van der Waals surface area contributed by atoms with Crippen molar-refractivity contribution < 1.29 is 22.2 Å². The summed E-state index contributed by atoms with van der Waals surface area (Å²) in [5, 5.41) is 3.98. The highest BCUT2D eigenvalue weighted by atomic mass is 32.1. The van der Waals surface area contributed by atoms with E-state index in [1.54, 1.807) is 15.9 Å². The Hall–Kier alpha value is -11.4. The van der Waals surface area contributed by atoms with Gasteiger partial charge in [0.2, 0.25) is 0 Å². The Morgan fingerprint density at radius 1 is 0.333 bits per heavy atom. The molecule has 0 amide bonds. The van der Waals surface area contributed by atoms with Gasteiger partial charge in [0.1, 0.15) is 11.2 Å². The molecule has 0 aliphatic carbocycles. The predicted molar refractivity (Wildman–Crippen MR) is 438 cm³/mol. The SMILES string of the molecule is [2H]c1c([2H])c([2H])c(-c2ccc3c(c2)N(c2c(-c4ccccc4)cc(C(C)(C)C)cc2-c2ccccc2)c2cc(-c4cc(C(C)(C)C)cc(C(C)(C)C)c4)cc4c2B3c2ccc(-n3c5c([2H])c([2H])c([2H])c([2H])c5c5c([2H])c([2H])c([2H])c([2H])c53)cc2N4c2cccc3c2sc2c(-c4ccc5c(c4)oc4ccccc45)cccc23)c([2H])c1[2H]. The van der Waals surface area contributed by atoms with E-state index in [9.17, 15) is 11.0 Å². The van der Waals surface area contributed by atoms with Gasteiger partial charge in [-0.05, 0) is 173 Å². The van der Waals surface area contributed by atoms with Gasteiger partial charge in [-0.2, -0.15) is 0 Å². The largest absolute Gasteiger partial charge is 0.456 e. The third kappa shape index (κ3) is 9.85. The number of aromatic nitrogens is 1. The summed E-state index contributed by atoms with van der Waals surface area (Å²) in [6, 6.07) is 70.3.